The van der Waals surface area contributed by atoms with Crippen LogP contribution in [0.3, 0.4) is 0 Å². The zero-order chi connectivity index (χ0) is 33.2. The van der Waals surface area contributed by atoms with E-state index in [1.54, 1.807) is 23.5 Å². The van der Waals surface area contributed by atoms with Crippen molar-refractivity contribution in [2.45, 2.75) is 90.2 Å². The Hall–Kier alpha value is -2.94. The topological polar surface area (TPSA) is 90.2 Å². The first kappa shape index (κ1) is 36.9. The third kappa shape index (κ3) is 12.9. The molecule has 0 saturated carbocycles. The summed E-state index contributed by atoms with van der Waals surface area (Å²) in [5.41, 5.74) is 2.66. The molecule has 0 saturated heterocycles. The number of phosphoric ester groups is 1. The second kappa shape index (κ2) is 20.4. The summed E-state index contributed by atoms with van der Waals surface area (Å²) in [5, 5.41) is 3.83. The van der Waals surface area contributed by atoms with E-state index in [9.17, 15) is 9.46 Å². The molecular formula is C37H50NO7PS. The Morgan fingerprint density at radius 2 is 1.38 bits per heavy atom. The van der Waals surface area contributed by atoms with Crippen LogP contribution in [0.4, 0.5) is 0 Å². The van der Waals surface area contributed by atoms with Crippen LogP contribution in [-0.2, 0) is 20.4 Å². The molecule has 0 N–H and O–H groups in total. The molecule has 2 unspecified atom stereocenters. The minimum atomic E-state index is -4.68. The summed E-state index contributed by atoms with van der Waals surface area (Å²) in [5.74, 6) is 1.71. The van der Waals surface area contributed by atoms with Gasteiger partial charge in [-0.1, -0.05) is 119 Å². The Balaban J connectivity index is 1.21. The summed E-state index contributed by atoms with van der Waals surface area (Å²) in [6.45, 7) is 3.25. The first-order chi connectivity index (χ1) is 23.0. The van der Waals surface area contributed by atoms with Gasteiger partial charge in [-0.25, -0.2) is 0 Å². The molecule has 0 aliphatic heterocycles. The van der Waals surface area contributed by atoms with Crippen LogP contribution in [0.1, 0.15) is 83.1 Å². The van der Waals surface area contributed by atoms with Crippen molar-refractivity contribution < 1.29 is 37.3 Å². The zero-order valence-corrected chi connectivity index (χ0v) is 29.6. The summed E-state index contributed by atoms with van der Waals surface area (Å²) in [7, 11) is -3.19. The van der Waals surface area contributed by atoms with Gasteiger partial charge in [0.15, 0.2) is 12.7 Å². The fourth-order valence-corrected chi connectivity index (χ4v) is 6.83. The molecule has 4 rings (SSSR count). The van der Waals surface area contributed by atoms with Crippen LogP contribution in [0, 0.1) is 0 Å². The lowest BCUT2D eigenvalue weighted by atomic mass is 10.1. The standard InChI is InChI=1S/C37H50NO7PS/c1-3-4-5-6-7-8-9-10-11-12-15-25-42-36-22-16-20-34-33(36)19-17-23-37(34)43-28-32(41-2)29-44-46(39,40)45-35-21-14-13-18-31(35)27-38-24-26-47-30-38/h13-14,16-24,26,30,32H,3-12,15,25,27-29H2,1-2H3. The summed E-state index contributed by atoms with van der Waals surface area (Å²) in [6.07, 6.45) is 15.6. The zero-order valence-electron chi connectivity index (χ0n) is 27.8. The largest absolute Gasteiger partial charge is 0.746 e. The van der Waals surface area contributed by atoms with Crippen molar-refractivity contribution in [1.82, 2.24) is 0 Å². The van der Waals surface area contributed by atoms with Gasteiger partial charge in [-0.15, -0.1) is 0 Å². The van der Waals surface area contributed by atoms with Gasteiger partial charge >= 0.3 is 7.82 Å². The molecule has 4 aromatic rings. The third-order valence-corrected chi connectivity index (χ3v) is 9.64. The van der Waals surface area contributed by atoms with Crippen LogP contribution < -0.4 is 23.5 Å². The SMILES string of the molecule is CCCCCCCCCCCCCOc1cccc2c(OCC(COP(=O)([O-])Oc3ccccc3C[n+]3ccsc3)OC)cccc12. The number of aromatic nitrogens is 1. The minimum absolute atomic E-state index is 0.0881. The van der Waals surface area contributed by atoms with Gasteiger partial charge in [0.1, 0.15) is 30.0 Å². The molecule has 1 heterocycles. The molecule has 0 spiro atoms. The Kier molecular flexibility index (Phi) is 16.0. The van der Waals surface area contributed by atoms with Gasteiger partial charge in [-0.3, -0.25) is 4.57 Å². The normalized spacial score (nSPS) is 13.3. The summed E-state index contributed by atoms with van der Waals surface area (Å²) in [6, 6.07) is 18.8. The number of hydrogen-bond donors (Lipinski definition) is 0. The summed E-state index contributed by atoms with van der Waals surface area (Å²) >= 11 is 1.55. The molecule has 8 nitrogen and oxygen atoms in total. The molecular weight excluding hydrogens is 633 g/mol. The molecule has 2 atom stereocenters. The van der Waals surface area contributed by atoms with E-state index in [4.69, 9.17) is 23.3 Å². The summed E-state index contributed by atoms with van der Waals surface area (Å²) in [4.78, 5) is 12.8. The fraction of sp³-hybridized carbons (Fsp3) is 0.486. The first-order valence-corrected chi connectivity index (χ1v) is 19.3. The van der Waals surface area contributed by atoms with E-state index in [1.807, 2.05) is 70.2 Å². The molecule has 0 bridgehead atoms. The molecule has 3 aromatic carbocycles. The predicted molar refractivity (Wildman–Crippen MR) is 186 cm³/mol. The van der Waals surface area contributed by atoms with Crippen molar-refractivity contribution in [3.05, 3.63) is 83.3 Å². The van der Waals surface area contributed by atoms with Gasteiger partial charge < -0.3 is 28.2 Å². The highest BCUT2D eigenvalue weighted by Gasteiger charge is 2.20. The molecule has 47 heavy (non-hydrogen) atoms. The van der Waals surface area contributed by atoms with Crippen molar-refractivity contribution in [3.8, 4) is 17.2 Å². The monoisotopic (exact) mass is 683 g/mol. The Morgan fingerprint density at radius 1 is 0.766 bits per heavy atom. The lowest BCUT2D eigenvalue weighted by molar-refractivity contribution is -0.683. The van der Waals surface area contributed by atoms with Gasteiger partial charge in [-0.2, -0.15) is 4.57 Å². The highest BCUT2D eigenvalue weighted by molar-refractivity contribution is 7.46. The van der Waals surface area contributed by atoms with E-state index in [1.165, 1.54) is 71.3 Å². The number of nitrogens with zero attached hydrogens (tertiary/aromatic N) is 1. The summed E-state index contributed by atoms with van der Waals surface area (Å²) < 4.78 is 43.1. The number of fused-ring (bicyclic) bond motifs is 1. The van der Waals surface area contributed by atoms with Crippen LogP contribution in [0.5, 0.6) is 17.2 Å². The Bertz CT molecular complexity index is 1500. The van der Waals surface area contributed by atoms with Crippen LogP contribution in [0.25, 0.3) is 10.8 Å². The number of rotatable bonds is 24. The Morgan fingerprint density at radius 3 is 2.02 bits per heavy atom. The number of unbranched alkanes of at least 4 members (excludes halogenated alkanes) is 10. The van der Waals surface area contributed by atoms with E-state index in [0.717, 1.165) is 28.5 Å². The number of benzene rings is 3. The van der Waals surface area contributed by atoms with Gasteiger partial charge in [0, 0.05) is 17.9 Å². The highest BCUT2D eigenvalue weighted by Crippen LogP contribution is 2.41. The number of ether oxygens (including phenoxy) is 3. The van der Waals surface area contributed by atoms with E-state index in [-0.39, 0.29) is 19.0 Å². The highest BCUT2D eigenvalue weighted by atomic mass is 32.1. The maximum atomic E-state index is 12.8. The number of phosphoric acid groups is 1. The lowest BCUT2D eigenvalue weighted by Crippen LogP contribution is -2.31. The van der Waals surface area contributed by atoms with Crippen molar-refractivity contribution >= 4 is 29.9 Å². The second-order valence-electron chi connectivity index (χ2n) is 11.8. The quantitative estimate of drug-likeness (QED) is 0.0414. The molecule has 0 radical (unpaired) electrons. The first-order valence-electron chi connectivity index (χ1n) is 16.9. The Labute approximate surface area is 284 Å². The number of hydrogen-bond acceptors (Lipinski definition) is 8. The van der Waals surface area contributed by atoms with Crippen molar-refractivity contribution in [3.63, 3.8) is 0 Å². The molecule has 0 fully saturated rings. The fourth-order valence-electron chi connectivity index (χ4n) is 5.41. The molecule has 256 valence electrons. The second-order valence-corrected chi connectivity index (χ2v) is 13.9. The van der Waals surface area contributed by atoms with E-state index < -0.39 is 13.9 Å². The van der Waals surface area contributed by atoms with Crippen LogP contribution in [0.15, 0.2) is 77.8 Å². The van der Waals surface area contributed by atoms with Gasteiger partial charge in [0.25, 0.3) is 0 Å². The maximum Gasteiger partial charge on any atom is 0.319 e. The van der Waals surface area contributed by atoms with Gasteiger partial charge in [-0.05, 0) is 30.7 Å². The molecule has 10 heteroatoms. The van der Waals surface area contributed by atoms with Crippen molar-refractivity contribution in [2.24, 2.45) is 0 Å². The average molecular weight is 684 g/mol. The van der Waals surface area contributed by atoms with Crippen LogP contribution in [0.2, 0.25) is 0 Å². The maximum absolute atomic E-state index is 12.8. The average Bonchev–Trinajstić information content (AvgIpc) is 3.59. The van der Waals surface area contributed by atoms with Crippen molar-refractivity contribution in [1.29, 1.82) is 0 Å². The predicted octanol–water partition coefficient (Wildman–Crippen LogP) is 8.88. The third-order valence-electron chi connectivity index (χ3n) is 8.09. The number of para-hydroxylation sites is 1. The van der Waals surface area contributed by atoms with Gasteiger partial charge in [0.2, 0.25) is 5.51 Å². The van der Waals surface area contributed by atoms with E-state index in [0.29, 0.717) is 18.9 Å². The van der Waals surface area contributed by atoms with Crippen LogP contribution >= 0.6 is 19.2 Å². The smallest absolute Gasteiger partial charge is 0.319 e. The van der Waals surface area contributed by atoms with Crippen molar-refractivity contribution in [2.75, 3.05) is 26.9 Å². The van der Waals surface area contributed by atoms with Gasteiger partial charge in [0.05, 0.1) is 24.2 Å². The lowest BCUT2D eigenvalue weighted by Gasteiger charge is -2.26. The minimum Gasteiger partial charge on any atom is -0.746 e. The number of methoxy groups -OCH3 is 1. The molecule has 0 aliphatic rings. The molecule has 0 aliphatic carbocycles. The van der Waals surface area contributed by atoms with E-state index in [2.05, 4.69) is 6.92 Å². The molecule has 1 aromatic heterocycles. The van der Waals surface area contributed by atoms with E-state index >= 15 is 0 Å². The molecule has 0 amide bonds. The number of thiazole rings is 1. The van der Waals surface area contributed by atoms with Crippen LogP contribution in [-0.4, -0.2) is 33.0 Å².